The summed E-state index contributed by atoms with van der Waals surface area (Å²) in [6, 6.07) is 17.1. The Bertz CT molecular complexity index is 1240. The van der Waals surface area contributed by atoms with E-state index in [-0.39, 0.29) is 5.82 Å². The lowest BCUT2D eigenvalue weighted by Crippen LogP contribution is -2.19. The van der Waals surface area contributed by atoms with Gasteiger partial charge in [-0.15, -0.1) is 0 Å². The average molecular weight is 438 g/mol. The minimum Gasteiger partial charge on any atom is -0.384 e. The summed E-state index contributed by atoms with van der Waals surface area (Å²) in [6.07, 6.45) is 3.13. The highest BCUT2D eigenvalue weighted by Gasteiger charge is 2.09. The summed E-state index contributed by atoms with van der Waals surface area (Å²) in [5.41, 5.74) is 7.97. The molecular formula is C21H18BrN5O. The van der Waals surface area contributed by atoms with E-state index >= 15 is 0 Å². The molecule has 0 aliphatic carbocycles. The van der Waals surface area contributed by atoms with Crippen molar-refractivity contribution in [3.8, 4) is 0 Å². The van der Waals surface area contributed by atoms with Crippen LogP contribution in [0.5, 0.6) is 0 Å². The van der Waals surface area contributed by atoms with Crippen LogP contribution in [0.25, 0.3) is 10.9 Å². The Kier molecular flexibility index (Phi) is 4.34. The molecule has 0 saturated heterocycles. The van der Waals surface area contributed by atoms with Crippen molar-refractivity contribution in [2.24, 2.45) is 0 Å². The third-order valence-electron chi connectivity index (χ3n) is 4.09. The van der Waals surface area contributed by atoms with Crippen molar-refractivity contribution in [3.63, 3.8) is 0 Å². The standard InChI is InChI=1S/C21H18BrN5O/c22-15-3-1-4-16(12-15)25-21(28)26-18-5-2-6-19-17(18)8-10-27(19)13-14-7-9-24-20(23)11-14/h1-12H,13H2,(H2,23,24)(H2,25,26,28)/i13D2. The molecule has 0 atom stereocenters. The van der Waals surface area contributed by atoms with Gasteiger partial charge in [-0.2, -0.15) is 0 Å². The highest BCUT2D eigenvalue weighted by molar-refractivity contribution is 9.10. The van der Waals surface area contributed by atoms with E-state index in [0.717, 1.165) is 4.47 Å². The van der Waals surface area contributed by atoms with Crippen LogP contribution in [0.3, 0.4) is 0 Å². The van der Waals surface area contributed by atoms with Crippen LogP contribution >= 0.6 is 15.9 Å². The Balaban J connectivity index is 1.64. The number of urea groups is 1. The minimum atomic E-state index is -1.85. The summed E-state index contributed by atoms with van der Waals surface area (Å²) < 4.78 is 19.6. The Morgan fingerprint density at radius 1 is 1.14 bits per heavy atom. The minimum absolute atomic E-state index is 0.249. The fourth-order valence-corrected chi connectivity index (χ4v) is 3.28. The number of nitrogens with two attached hydrogens (primary N) is 1. The van der Waals surface area contributed by atoms with E-state index in [1.54, 1.807) is 48.7 Å². The number of nitrogens with zero attached hydrogens (tertiary/aromatic N) is 2. The summed E-state index contributed by atoms with van der Waals surface area (Å²) in [7, 11) is 0. The smallest absolute Gasteiger partial charge is 0.323 e. The van der Waals surface area contributed by atoms with Crippen molar-refractivity contribution in [1.29, 1.82) is 0 Å². The number of carbonyl (C=O) groups is 1. The van der Waals surface area contributed by atoms with Gasteiger partial charge in [-0.05, 0) is 54.1 Å². The molecule has 2 aromatic carbocycles. The third kappa shape index (κ3) is 3.99. The lowest BCUT2D eigenvalue weighted by Gasteiger charge is -2.10. The van der Waals surface area contributed by atoms with Crippen LogP contribution in [-0.4, -0.2) is 15.6 Å². The summed E-state index contributed by atoms with van der Waals surface area (Å²) in [4.78, 5) is 16.4. The molecule has 0 unspecified atom stereocenters. The lowest BCUT2D eigenvalue weighted by atomic mass is 10.2. The number of benzene rings is 2. The molecule has 140 valence electrons. The number of halogens is 1. The molecule has 4 rings (SSSR count). The molecule has 6 nitrogen and oxygen atoms in total. The zero-order valence-electron chi connectivity index (χ0n) is 16.7. The van der Waals surface area contributed by atoms with Crippen LogP contribution in [0.4, 0.5) is 22.0 Å². The van der Waals surface area contributed by atoms with E-state index in [4.69, 9.17) is 8.48 Å². The molecule has 7 heteroatoms. The van der Waals surface area contributed by atoms with E-state index in [1.807, 2.05) is 12.1 Å². The summed E-state index contributed by atoms with van der Waals surface area (Å²) >= 11 is 3.37. The van der Waals surface area contributed by atoms with Gasteiger partial charge in [-0.3, -0.25) is 0 Å². The van der Waals surface area contributed by atoms with Crippen molar-refractivity contribution >= 4 is 50.1 Å². The second kappa shape index (κ2) is 7.74. The lowest BCUT2D eigenvalue weighted by molar-refractivity contribution is 0.262. The van der Waals surface area contributed by atoms with Gasteiger partial charge in [-0.1, -0.05) is 28.1 Å². The maximum absolute atomic E-state index is 12.5. The van der Waals surface area contributed by atoms with Gasteiger partial charge in [0.1, 0.15) is 5.82 Å². The predicted molar refractivity (Wildman–Crippen MR) is 116 cm³/mol. The Morgan fingerprint density at radius 2 is 2.00 bits per heavy atom. The molecule has 0 bridgehead atoms. The van der Waals surface area contributed by atoms with Gasteiger partial charge in [0, 0.05) is 34.4 Å². The molecule has 28 heavy (non-hydrogen) atoms. The van der Waals surface area contributed by atoms with E-state index < -0.39 is 12.5 Å². The van der Waals surface area contributed by atoms with Gasteiger partial charge in [-0.25, -0.2) is 9.78 Å². The fourth-order valence-electron chi connectivity index (χ4n) is 2.88. The number of nitrogen functional groups attached to an aromatic ring is 1. The number of amides is 2. The first kappa shape index (κ1) is 15.7. The Morgan fingerprint density at radius 3 is 2.82 bits per heavy atom. The zero-order chi connectivity index (χ0) is 21.3. The number of rotatable bonds is 4. The number of hydrogen-bond donors (Lipinski definition) is 3. The van der Waals surface area contributed by atoms with Gasteiger partial charge >= 0.3 is 6.03 Å². The van der Waals surface area contributed by atoms with Gasteiger partial charge in [0.15, 0.2) is 0 Å². The van der Waals surface area contributed by atoms with E-state index in [2.05, 4.69) is 31.5 Å². The number of hydrogen-bond acceptors (Lipinski definition) is 3. The summed E-state index contributed by atoms with van der Waals surface area (Å²) in [6.45, 7) is -1.85. The molecule has 0 aliphatic heterocycles. The first-order valence-electron chi connectivity index (χ1n) is 9.51. The number of carbonyl (C=O) groups excluding carboxylic acids is 1. The van der Waals surface area contributed by atoms with Crippen molar-refractivity contribution in [1.82, 2.24) is 9.55 Å². The number of anilines is 3. The van der Waals surface area contributed by atoms with Crippen LogP contribution in [0.15, 0.2) is 77.5 Å². The molecule has 0 saturated carbocycles. The Labute approximate surface area is 173 Å². The van der Waals surface area contributed by atoms with Gasteiger partial charge < -0.3 is 20.9 Å². The average Bonchev–Trinajstić information content (AvgIpc) is 3.14. The molecule has 0 fully saturated rings. The van der Waals surface area contributed by atoms with Gasteiger partial charge in [0.2, 0.25) is 0 Å². The highest BCUT2D eigenvalue weighted by atomic mass is 79.9. The second-order valence-electron chi connectivity index (χ2n) is 6.09. The van der Waals surface area contributed by atoms with Crippen LogP contribution in [-0.2, 0) is 6.50 Å². The molecule has 0 aliphatic rings. The Hall–Kier alpha value is -3.32. The largest absolute Gasteiger partial charge is 0.384 e. The van der Waals surface area contributed by atoms with Crippen molar-refractivity contribution in [2.45, 2.75) is 6.50 Å². The number of pyridine rings is 1. The number of fused-ring (bicyclic) bond motifs is 1. The highest BCUT2D eigenvalue weighted by Crippen LogP contribution is 2.26. The molecule has 2 aromatic heterocycles. The van der Waals surface area contributed by atoms with Crippen molar-refractivity contribution < 1.29 is 7.54 Å². The van der Waals surface area contributed by atoms with Gasteiger partial charge in [0.25, 0.3) is 0 Å². The molecule has 0 radical (unpaired) electrons. The molecule has 2 amide bonds. The topological polar surface area (TPSA) is 85.0 Å². The number of aromatic nitrogens is 2. The maximum Gasteiger partial charge on any atom is 0.323 e. The van der Waals surface area contributed by atoms with Crippen molar-refractivity contribution in [2.75, 3.05) is 16.4 Å². The molecule has 4 aromatic rings. The zero-order valence-corrected chi connectivity index (χ0v) is 16.3. The van der Waals surface area contributed by atoms with Crippen LogP contribution in [0.1, 0.15) is 8.30 Å². The second-order valence-corrected chi connectivity index (χ2v) is 7.01. The van der Waals surface area contributed by atoms with Crippen LogP contribution in [0, 0.1) is 0 Å². The maximum atomic E-state index is 12.5. The number of nitrogens with one attached hydrogen (secondary N) is 2. The summed E-state index contributed by atoms with van der Waals surface area (Å²) in [5, 5.41) is 6.33. The predicted octanol–water partition coefficient (Wildman–Crippen LogP) is 5.07. The van der Waals surface area contributed by atoms with E-state index in [1.165, 1.54) is 16.8 Å². The SMILES string of the molecule is [2H]C([2H])(c1ccnc(N)c1)n1ccc2c(NC(=O)Nc3cccc(Br)c3)cccc21. The first-order chi connectivity index (χ1) is 14.3. The van der Waals surface area contributed by atoms with E-state index in [9.17, 15) is 4.79 Å². The quantitative estimate of drug-likeness (QED) is 0.416. The molecular weight excluding hydrogens is 418 g/mol. The fraction of sp³-hybridized carbons (Fsp3) is 0.0476. The molecule has 0 spiro atoms. The third-order valence-corrected chi connectivity index (χ3v) is 4.59. The normalized spacial score (nSPS) is 12.3. The molecule has 2 heterocycles. The van der Waals surface area contributed by atoms with E-state index in [0.29, 0.717) is 27.8 Å². The van der Waals surface area contributed by atoms with Crippen molar-refractivity contribution in [3.05, 3.63) is 83.1 Å². The van der Waals surface area contributed by atoms with Crippen LogP contribution < -0.4 is 16.4 Å². The summed E-state index contributed by atoms with van der Waals surface area (Å²) in [5.74, 6) is 0.249. The van der Waals surface area contributed by atoms with Crippen LogP contribution in [0.2, 0.25) is 0 Å². The first-order valence-corrected chi connectivity index (χ1v) is 9.30. The molecule has 4 N–H and O–H groups in total. The van der Waals surface area contributed by atoms with Gasteiger partial charge in [0.05, 0.1) is 13.9 Å². The monoisotopic (exact) mass is 437 g/mol.